The number of amidine groups is 1. The van der Waals surface area contributed by atoms with Crippen LogP contribution in [0.2, 0.25) is 0 Å². The highest BCUT2D eigenvalue weighted by molar-refractivity contribution is 8.14. The first-order valence-electron chi connectivity index (χ1n) is 11.1. The first-order chi connectivity index (χ1) is 17.4. The summed E-state index contributed by atoms with van der Waals surface area (Å²) in [5.41, 5.74) is 1.51. The molecule has 0 aliphatic carbocycles. The third kappa shape index (κ3) is 5.57. The molecule has 11 heteroatoms. The number of methoxy groups -OCH3 is 2. The van der Waals surface area contributed by atoms with Gasteiger partial charge in [-0.15, -0.1) is 0 Å². The topological polar surface area (TPSA) is 116 Å². The number of thioether (sulfide) groups is 1. The number of anilines is 1. The Bertz CT molecular complexity index is 1330. The Morgan fingerprint density at radius 2 is 2.00 bits per heavy atom. The van der Waals surface area contributed by atoms with Crippen molar-refractivity contribution in [2.24, 2.45) is 9.98 Å². The Kier molecular flexibility index (Phi) is 7.69. The molecule has 0 saturated carbocycles. The van der Waals surface area contributed by atoms with Crippen LogP contribution < -0.4 is 24.2 Å². The average molecular weight is 508 g/mol. The van der Waals surface area contributed by atoms with Crippen molar-refractivity contribution in [2.45, 2.75) is 19.9 Å². The minimum Gasteiger partial charge on any atom is -0.861 e. The Hall–Kier alpha value is -4.12. The smallest absolute Gasteiger partial charge is 0.320 e. The number of hydrogen-bond acceptors (Lipinski definition) is 9. The van der Waals surface area contributed by atoms with Crippen molar-refractivity contribution in [3.63, 3.8) is 0 Å². The number of aromatic nitrogens is 2. The molecule has 0 fully saturated rings. The predicted octanol–water partition coefficient (Wildman–Crippen LogP) is 3.13. The second kappa shape index (κ2) is 11.1. The molecule has 10 nitrogen and oxygen atoms in total. The largest absolute Gasteiger partial charge is 0.861 e. The van der Waals surface area contributed by atoms with Crippen LogP contribution in [0.25, 0.3) is 6.08 Å². The van der Waals surface area contributed by atoms with Crippen LogP contribution >= 0.6 is 11.8 Å². The van der Waals surface area contributed by atoms with Crippen molar-refractivity contribution in [1.29, 1.82) is 0 Å². The Morgan fingerprint density at radius 3 is 2.67 bits per heavy atom. The summed E-state index contributed by atoms with van der Waals surface area (Å²) < 4.78 is 17.4. The van der Waals surface area contributed by atoms with Gasteiger partial charge in [0.25, 0.3) is 12.1 Å². The number of amides is 1. The van der Waals surface area contributed by atoms with Crippen LogP contribution in [0.15, 0.2) is 74.9 Å². The van der Waals surface area contributed by atoms with E-state index in [0.29, 0.717) is 27.9 Å². The predicted molar refractivity (Wildman–Crippen MR) is 136 cm³/mol. The van der Waals surface area contributed by atoms with Gasteiger partial charge in [-0.2, -0.15) is 0 Å². The van der Waals surface area contributed by atoms with Crippen LogP contribution in [0.3, 0.4) is 0 Å². The zero-order chi connectivity index (χ0) is 25.7. The van der Waals surface area contributed by atoms with Crippen molar-refractivity contribution in [2.75, 3.05) is 24.9 Å². The van der Waals surface area contributed by atoms with Crippen LogP contribution in [-0.4, -0.2) is 42.2 Å². The van der Waals surface area contributed by atoms with E-state index in [1.807, 2.05) is 32.0 Å². The van der Waals surface area contributed by atoms with E-state index in [4.69, 9.17) is 14.0 Å². The summed E-state index contributed by atoms with van der Waals surface area (Å²) in [5, 5.41) is 16.7. The number of carbonyl (C=O) groups excluding carboxylic acids is 1. The zero-order valence-electron chi connectivity index (χ0n) is 20.2. The second-order valence-corrected chi connectivity index (χ2v) is 8.86. The van der Waals surface area contributed by atoms with Crippen molar-refractivity contribution < 1.29 is 28.6 Å². The third-order valence-electron chi connectivity index (χ3n) is 5.14. The molecule has 186 valence electrons. The average Bonchev–Trinajstić information content (AvgIpc) is 3.48. The summed E-state index contributed by atoms with van der Waals surface area (Å²) >= 11 is 1.11. The van der Waals surface area contributed by atoms with Gasteiger partial charge in [0.15, 0.2) is 11.2 Å². The molecule has 0 atom stereocenters. The summed E-state index contributed by atoms with van der Waals surface area (Å²) in [7, 11) is 3.11. The van der Waals surface area contributed by atoms with Gasteiger partial charge < -0.3 is 14.6 Å². The molecule has 2 heterocycles. The second-order valence-electron chi connectivity index (χ2n) is 7.92. The normalized spacial score (nSPS) is 15.1. The first-order valence-corrected chi connectivity index (χ1v) is 12.1. The van der Waals surface area contributed by atoms with Gasteiger partial charge in [0.05, 0.1) is 19.9 Å². The molecule has 1 aromatic heterocycles. The fourth-order valence-electron chi connectivity index (χ4n) is 3.31. The SMILES string of the molecule is COc1ccc(/C=C2/N=C(SC/C([O-])=N/c3c[n+](C(C)C)no3)N(c3ccccc3)C2=O)c(OC)c1. The molecular formula is C25H25N5O5S. The maximum absolute atomic E-state index is 13.4. The van der Waals surface area contributed by atoms with Crippen molar-refractivity contribution >= 4 is 46.4 Å². The van der Waals surface area contributed by atoms with Gasteiger partial charge in [0.1, 0.15) is 17.2 Å². The lowest BCUT2D eigenvalue weighted by Gasteiger charge is -2.18. The van der Waals surface area contributed by atoms with E-state index < -0.39 is 5.90 Å². The molecule has 0 saturated heterocycles. The fourth-order valence-corrected chi connectivity index (χ4v) is 4.10. The third-order valence-corrected chi connectivity index (χ3v) is 6.06. The van der Waals surface area contributed by atoms with E-state index >= 15 is 0 Å². The van der Waals surface area contributed by atoms with Crippen LogP contribution in [0, 0.1) is 0 Å². The molecule has 0 unspecified atom stereocenters. The summed E-state index contributed by atoms with van der Waals surface area (Å²) in [6, 6.07) is 14.5. The highest BCUT2D eigenvalue weighted by Crippen LogP contribution is 2.32. The van der Waals surface area contributed by atoms with Gasteiger partial charge in [-0.05, 0) is 54.8 Å². The number of aliphatic imine (C=N–C) groups is 2. The quantitative estimate of drug-likeness (QED) is 0.199. The van der Waals surface area contributed by atoms with Crippen molar-refractivity contribution in [1.82, 2.24) is 5.27 Å². The highest BCUT2D eigenvalue weighted by Gasteiger charge is 2.32. The zero-order valence-corrected chi connectivity index (χ0v) is 21.1. The Labute approximate surface area is 212 Å². The number of rotatable bonds is 8. The monoisotopic (exact) mass is 507 g/mol. The molecule has 4 rings (SSSR count). The molecule has 0 N–H and O–H groups in total. The van der Waals surface area contributed by atoms with Gasteiger partial charge in [-0.1, -0.05) is 30.0 Å². The molecule has 1 amide bonds. The molecule has 0 bridgehead atoms. The number of ether oxygens (including phenoxy) is 2. The lowest BCUT2D eigenvalue weighted by molar-refractivity contribution is -0.779. The standard InChI is InChI=1S/C25H25N5O5S/c1-16(2)29-14-23(35-28-29)27-22(31)15-36-25-26-20(24(32)30(25)18-8-6-5-7-9-18)12-17-10-11-19(33-3)13-21(17)34-4/h5-14,16H,15H2,1-4H3/b20-12+. The number of hydrogen-bond donors (Lipinski definition) is 0. The highest BCUT2D eigenvalue weighted by atomic mass is 32.2. The molecule has 36 heavy (non-hydrogen) atoms. The van der Waals surface area contributed by atoms with Crippen LogP contribution in [0.1, 0.15) is 25.5 Å². The van der Waals surface area contributed by atoms with Gasteiger partial charge >= 0.3 is 5.88 Å². The van der Waals surface area contributed by atoms with Gasteiger partial charge in [-0.25, -0.2) is 9.98 Å². The minimum atomic E-state index is -0.440. The summed E-state index contributed by atoms with van der Waals surface area (Å²) in [6.45, 7) is 3.87. The molecule has 0 radical (unpaired) electrons. The van der Waals surface area contributed by atoms with E-state index in [1.54, 1.807) is 61.5 Å². The van der Waals surface area contributed by atoms with Crippen molar-refractivity contribution in [3.05, 3.63) is 66.0 Å². The lowest BCUT2D eigenvalue weighted by atomic mass is 10.1. The maximum Gasteiger partial charge on any atom is 0.320 e. The lowest BCUT2D eigenvalue weighted by Crippen LogP contribution is -2.36. The number of benzene rings is 2. The summed E-state index contributed by atoms with van der Waals surface area (Å²) in [6.07, 6.45) is 3.21. The van der Waals surface area contributed by atoms with E-state index in [0.717, 1.165) is 11.8 Å². The van der Waals surface area contributed by atoms with E-state index in [9.17, 15) is 9.90 Å². The molecule has 1 aliphatic heterocycles. The molecule has 1 aliphatic rings. The summed E-state index contributed by atoms with van der Waals surface area (Å²) in [4.78, 5) is 23.3. The van der Waals surface area contributed by atoms with E-state index in [2.05, 4.69) is 15.3 Å². The van der Waals surface area contributed by atoms with E-state index in [-0.39, 0.29) is 29.3 Å². The van der Waals surface area contributed by atoms with Crippen LogP contribution in [0.4, 0.5) is 11.6 Å². The van der Waals surface area contributed by atoms with Crippen molar-refractivity contribution in [3.8, 4) is 11.5 Å². The van der Waals surface area contributed by atoms with Crippen LogP contribution in [0.5, 0.6) is 11.5 Å². The first kappa shape index (κ1) is 25.0. The van der Waals surface area contributed by atoms with E-state index in [1.165, 1.54) is 4.90 Å². The number of carbonyl (C=O) groups is 1. The maximum atomic E-state index is 13.4. The summed E-state index contributed by atoms with van der Waals surface area (Å²) in [5.74, 6) is 0.480. The number of nitrogens with zero attached hydrogens (tertiary/aromatic N) is 5. The Balaban J connectivity index is 1.61. The van der Waals surface area contributed by atoms with Gasteiger partial charge in [-0.3, -0.25) is 14.2 Å². The van der Waals surface area contributed by atoms with Gasteiger partial charge in [0, 0.05) is 17.4 Å². The minimum absolute atomic E-state index is 0.0447. The number of para-hydroxylation sites is 1. The molecule has 3 aromatic rings. The fraction of sp³-hybridized carbons (Fsp3) is 0.240. The van der Waals surface area contributed by atoms with Gasteiger partial charge in [0.2, 0.25) is 5.27 Å². The molecule has 0 spiro atoms. The molecular weight excluding hydrogens is 482 g/mol. The van der Waals surface area contributed by atoms with Crippen LogP contribution in [-0.2, 0) is 4.79 Å². The Morgan fingerprint density at radius 1 is 1.22 bits per heavy atom. The molecule has 2 aromatic carbocycles.